The number of halogens is 1. The number of ether oxygens (including phenoxy) is 2. The van der Waals surface area contributed by atoms with Crippen LogP contribution in [-0.4, -0.2) is 32.4 Å². The first-order valence-electron chi connectivity index (χ1n) is 8.74. The summed E-state index contributed by atoms with van der Waals surface area (Å²) in [4.78, 5) is 28.5. The summed E-state index contributed by atoms with van der Waals surface area (Å²) in [5.74, 6) is -0.249. The molecule has 0 atom stereocenters. The molecule has 0 unspecified atom stereocenters. The fraction of sp³-hybridized carbons (Fsp3) is 0.182. The number of rotatable bonds is 5. The highest BCUT2D eigenvalue weighted by Crippen LogP contribution is 2.37. The van der Waals surface area contributed by atoms with Gasteiger partial charge >= 0.3 is 5.97 Å². The predicted molar refractivity (Wildman–Crippen MR) is 119 cm³/mol. The molecule has 0 aromatic heterocycles. The fourth-order valence-corrected chi connectivity index (χ4v) is 4.05. The Hall–Kier alpha value is -2.51. The van der Waals surface area contributed by atoms with Gasteiger partial charge in [-0.1, -0.05) is 22.0 Å². The minimum Gasteiger partial charge on any atom is -0.496 e. The summed E-state index contributed by atoms with van der Waals surface area (Å²) < 4.78 is 11.2. The molecule has 7 heteroatoms. The molecule has 2 aromatic carbocycles. The van der Waals surface area contributed by atoms with Crippen molar-refractivity contribution in [1.82, 2.24) is 0 Å². The number of carbonyl (C=O) groups is 2. The Labute approximate surface area is 182 Å². The van der Waals surface area contributed by atoms with Crippen LogP contribution in [0, 0.1) is 0 Å². The van der Waals surface area contributed by atoms with Crippen molar-refractivity contribution < 1.29 is 19.1 Å². The molecule has 29 heavy (non-hydrogen) atoms. The number of esters is 1. The lowest BCUT2D eigenvalue weighted by molar-refractivity contribution is -0.136. The van der Waals surface area contributed by atoms with E-state index >= 15 is 0 Å². The van der Waals surface area contributed by atoms with Crippen molar-refractivity contribution >= 4 is 51.3 Å². The van der Waals surface area contributed by atoms with Gasteiger partial charge in [-0.25, -0.2) is 4.79 Å². The van der Waals surface area contributed by atoms with Gasteiger partial charge in [0.05, 0.1) is 31.1 Å². The molecule has 0 saturated heterocycles. The minimum atomic E-state index is -0.556. The van der Waals surface area contributed by atoms with E-state index in [2.05, 4.69) is 15.9 Å². The van der Waals surface area contributed by atoms with Gasteiger partial charge in [-0.2, -0.15) is 0 Å². The Bertz CT molecular complexity index is 1040. The van der Waals surface area contributed by atoms with Gasteiger partial charge in [-0.15, -0.1) is 11.8 Å². The predicted octanol–water partition coefficient (Wildman–Crippen LogP) is 5.06. The number of allylic oxidation sites excluding steroid dienone is 1. The number of amides is 1. The van der Waals surface area contributed by atoms with Crippen LogP contribution < -0.4 is 9.64 Å². The standard InChI is InChI=1S/C22H20BrNO4S/c1-13-20(22(26)28-3)18(11-14-10-15(23)8-9-19(14)27-2)21(25)24(13)16-6-5-7-17(12-16)29-4/h5-12H,1-4H3/b18-11-. The second kappa shape index (κ2) is 8.88. The maximum atomic E-state index is 13.4. The van der Waals surface area contributed by atoms with Crippen molar-refractivity contribution in [3.63, 3.8) is 0 Å². The number of methoxy groups -OCH3 is 2. The van der Waals surface area contributed by atoms with Crippen LogP contribution in [-0.2, 0) is 14.3 Å². The van der Waals surface area contributed by atoms with E-state index in [1.807, 2.05) is 42.7 Å². The molecular formula is C22H20BrNO4S. The Morgan fingerprint density at radius 3 is 2.59 bits per heavy atom. The third kappa shape index (κ3) is 4.11. The van der Waals surface area contributed by atoms with Crippen molar-refractivity contribution in [2.45, 2.75) is 11.8 Å². The van der Waals surface area contributed by atoms with Gasteiger partial charge in [-0.3, -0.25) is 9.69 Å². The van der Waals surface area contributed by atoms with Crippen LogP contribution >= 0.6 is 27.7 Å². The SMILES string of the molecule is COC(=O)C1=C(C)N(c2cccc(SC)c2)C(=O)/C1=C\c1cc(Br)ccc1OC. The number of carbonyl (C=O) groups excluding carboxylic acids is 2. The summed E-state index contributed by atoms with van der Waals surface area (Å²) in [5.41, 5.74) is 2.42. The van der Waals surface area contributed by atoms with Crippen LogP contribution in [0.5, 0.6) is 5.75 Å². The molecule has 2 aromatic rings. The van der Waals surface area contributed by atoms with Gasteiger partial charge in [-0.05, 0) is 55.7 Å². The molecule has 1 amide bonds. The van der Waals surface area contributed by atoms with Gasteiger partial charge in [0, 0.05) is 20.6 Å². The Morgan fingerprint density at radius 2 is 1.93 bits per heavy atom. The zero-order valence-corrected chi connectivity index (χ0v) is 18.9. The summed E-state index contributed by atoms with van der Waals surface area (Å²) in [6.45, 7) is 1.74. The summed E-state index contributed by atoms with van der Waals surface area (Å²) in [5, 5.41) is 0. The molecule has 0 fully saturated rings. The number of hydrogen-bond donors (Lipinski definition) is 0. The zero-order chi connectivity index (χ0) is 21.1. The second-order valence-electron chi connectivity index (χ2n) is 6.24. The lowest BCUT2D eigenvalue weighted by atomic mass is 10.0. The van der Waals surface area contributed by atoms with Crippen molar-refractivity contribution in [3.05, 3.63) is 69.3 Å². The average molecular weight is 474 g/mol. The van der Waals surface area contributed by atoms with E-state index in [0.29, 0.717) is 22.7 Å². The third-order valence-corrected chi connectivity index (χ3v) is 5.81. The van der Waals surface area contributed by atoms with E-state index in [0.717, 1.165) is 9.37 Å². The lowest BCUT2D eigenvalue weighted by Gasteiger charge is -2.18. The first kappa shape index (κ1) is 21.2. The van der Waals surface area contributed by atoms with Crippen LogP contribution in [0.2, 0.25) is 0 Å². The maximum Gasteiger partial charge on any atom is 0.340 e. The molecule has 0 aliphatic carbocycles. The average Bonchev–Trinajstić information content (AvgIpc) is 2.97. The molecule has 5 nitrogen and oxygen atoms in total. The molecule has 1 aliphatic heterocycles. The van der Waals surface area contributed by atoms with Gasteiger partial charge < -0.3 is 9.47 Å². The van der Waals surface area contributed by atoms with E-state index in [4.69, 9.17) is 9.47 Å². The molecule has 0 spiro atoms. The lowest BCUT2D eigenvalue weighted by Crippen LogP contribution is -2.24. The van der Waals surface area contributed by atoms with Gasteiger partial charge in [0.1, 0.15) is 5.75 Å². The van der Waals surface area contributed by atoms with Crippen LogP contribution in [0.1, 0.15) is 12.5 Å². The van der Waals surface area contributed by atoms with E-state index in [9.17, 15) is 9.59 Å². The number of nitrogens with zero attached hydrogens (tertiary/aromatic N) is 1. The minimum absolute atomic E-state index is 0.245. The molecule has 0 N–H and O–H groups in total. The molecule has 0 radical (unpaired) electrons. The topological polar surface area (TPSA) is 55.8 Å². The zero-order valence-electron chi connectivity index (χ0n) is 16.5. The quantitative estimate of drug-likeness (QED) is 0.345. The molecule has 0 saturated carbocycles. The molecule has 1 aliphatic rings. The van der Waals surface area contributed by atoms with Gasteiger partial charge in [0.15, 0.2) is 0 Å². The summed E-state index contributed by atoms with van der Waals surface area (Å²) in [6, 6.07) is 13.1. The Kier molecular flexibility index (Phi) is 6.49. The van der Waals surface area contributed by atoms with Crippen molar-refractivity contribution in [2.24, 2.45) is 0 Å². The number of benzene rings is 2. The van der Waals surface area contributed by atoms with Crippen molar-refractivity contribution in [3.8, 4) is 5.75 Å². The number of thioether (sulfide) groups is 1. The Morgan fingerprint density at radius 1 is 1.17 bits per heavy atom. The second-order valence-corrected chi connectivity index (χ2v) is 8.03. The van der Waals surface area contributed by atoms with Crippen LogP contribution in [0.4, 0.5) is 5.69 Å². The van der Waals surface area contributed by atoms with Crippen LogP contribution in [0.3, 0.4) is 0 Å². The fourth-order valence-electron chi connectivity index (χ4n) is 3.21. The highest BCUT2D eigenvalue weighted by Gasteiger charge is 2.38. The number of hydrogen-bond acceptors (Lipinski definition) is 5. The maximum absolute atomic E-state index is 13.4. The molecule has 0 bridgehead atoms. The molecule has 1 heterocycles. The monoisotopic (exact) mass is 473 g/mol. The smallest absolute Gasteiger partial charge is 0.340 e. The normalized spacial score (nSPS) is 15.3. The van der Waals surface area contributed by atoms with E-state index in [1.165, 1.54) is 7.11 Å². The van der Waals surface area contributed by atoms with E-state index < -0.39 is 5.97 Å². The summed E-state index contributed by atoms with van der Waals surface area (Å²) in [7, 11) is 2.87. The summed E-state index contributed by atoms with van der Waals surface area (Å²) >= 11 is 5.02. The van der Waals surface area contributed by atoms with E-state index in [1.54, 1.807) is 42.8 Å². The largest absolute Gasteiger partial charge is 0.496 e. The van der Waals surface area contributed by atoms with Crippen LogP contribution in [0.25, 0.3) is 6.08 Å². The first-order chi connectivity index (χ1) is 13.9. The van der Waals surface area contributed by atoms with Crippen molar-refractivity contribution in [1.29, 1.82) is 0 Å². The van der Waals surface area contributed by atoms with Gasteiger partial charge in [0.25, 0.3) is 5.91 Å². The first-order valence-corrected chi connectivity index (χ1v) is 10.8. The highest BCUT2D eigenvalue weighted by molar-refractivity contribution is 9.10. The van der Waals surface area contributed by atoms with Gasteiger partial charge in [0.2, 0.25) is 0 Å². The highest BCUT2D eigenvalue weighted by atomic mass is 79.9. The van der Waals surface area contributed by atoms with E-state index in [-0.39, 0.29) is 17.1 Å². The number of anilines is 1. The van der Waals surface area contributed by atoms with Crippen LogP contribution in [0.15, 0.2) is 68.7 Å². The third-order valence-electron chi connectivity index (χ3n) is 4.59. The summed E-state index contributed by atoms with van der Waals surface area (Å²) in [6.07, 6.45) is 3.64. The van der Waals surface area contributed by atoms with Crippen molar-refractivity contribution in [2.75, 3.05) is 25.4 Å². The Balaban J connectivity index is 2.18. The molecule has 3 rings (SSSR count). The molecule has 150 valence electrons. The molecular weight excluding hydrogens is 454 g/mol.